The first-order valence-corrected chi connectivity index (χ1v) is 7.87. The van der Waals surface area contributed by atoms with Crippen molar-refractivity contribution in [3.8, 4) is 11.5 Å². The fraction of sp³-hybridized carbons (Fsp3) is 0.438. The van der Waals surface area contributed by atoms with Crippen LogP contribution in [0.4, 0.5) is 0 Å². The Morgan fingerprint density at radius 2 is 2.04 bits per heavy atom. The molecule has 3 rings (SSSR count). The van der Waals surface area contributed by atoms with Crippen LogP contribution in [0, 0.1) is 0 Å². The van der Waals surface area contributed by atoms with Crippen LogP contribution in [0.3, 0.4) is 0 Å². The van der Waals surface area contributed by atoms with Gasteiger partial charge in [-0.15, -0.1) is 12.4 Å². The van der Waals surface area contributed by atoms with E-state index in [9.17, 15) is 9.59 Å². The number of para-hydroxylation sites is 2. The SMILES string of the molecule is Cl.Cn1c(=O)cnn(CCCNCC2COc3ccccc3O2)c1=O. The van der Waals surface area contributed by atoms with Gasteiger partial charge in [0.25, 0.3) is 5.56 Å². The van der Waals surface area contributed by atoms with E-state index in [1.54, 1.807) is 0 Å². The van der Waals surface area contributed by atoms with Gasteiger partial charge < -0.3 is 14.8 Å². The van der Waals surface area contributed by atoms with E-state index >= 15 is 0 Å². The van der Waals surface area contributed by atoms with Crippen LogP contribution in [-0.2, 0) is 13.6 Å². The second-order valence-corrected chi connectivity index (χ2v) is 5.60. The lowest BCUT2D eigenvalue weighted by molar-refractivity contribution is 0.0904. The van der Waals surface area contributed by atoms with Gasteiger partial charge in [-0.25, -0.2) is 9.48 Å². The number of fused-ring (bicyclic) bond motifs is 1. The quantitative estimate of drug-likeness (QED) is 0.732. The average molecular weight is 369 g/mol. The molecule has 0 amide bonds. The summed E-state index contributed by atoms with van der Waals surface area (Å²) in [4.78, 5) is 23.1. The number of nitrogens with zero attached hydrogens (tertiary/aromatic N) is 3. The molecule has 136 valence electrons. The molecule has 0 bridgehead atoms. The second-order valence-electron chi connectivity index (χ2n) is 5.60. The van der Waals surface area contributed by atoms with E-state index in [0.29, 0.717) is 26.2 Å². The van der Waals surface area contributed by atoms with Crippen LogP contribution in [0.15, 0.2) is 40.1 Å². The molecular formula is C16H21ClN4O4. The molecule has 1 aromatic heterocycles. The van der Waals surface area contributed by atoms with Crippen LogP contribution in [0.5, 0.6) is 11.5 Å². The van der Waals surface area contributed by atoms with E-state index in [1.807, 2.05) is 24.3 Å². The van der Waals surface area contributed by atoms with Crippen molar-refractivity contribution in [3.63, 3.8) is 0 Å². The largest absolute Gasteiger partial charge is 0.486 e. The summed E-state index contributed by atoms with van der Waals surface area (Å²) in [5.41, 5.74) is -0.799. The Morgan fingerprint density at radius 3 is 2.84 bits per heavy atom. The van der Waals surface area contributed by atoms with Crippen LogP contribution in [0.25, 0.3) is 0 Å². The fourth-order valence-electron chi connectivity index (χ4n) is 2.46. The summed E-state index contributed by atoms with van der Waals surface area (Å²) in [6.45, 7) is 2.32. The molecule has 8 nitrogen and oxygen atoms in total. The van der Waals surface area contributed by atoms with Gasteiger partial charge in [-0.1, -0.05) is 12.1 Å². The first-order valence-electron chi connectivity index (χ1n) is 7.87. The molecule has 0 fully saturated rings. The highest BCUT2D eigenvalue weighted by Gasteiger charge is 2.19. The Hall–Kier alpha value is -2.32. The Balaban J connectivity index is 0.00000225. The third kappa shape index (κ3) is 4.61. The van der Waals surface area contributed by atoms with Gasteiger partial charge in [0.2, 0.25) is 0 Å². The van der Waals surface area contributed by atoms with Gasteiger partial charge in [0.1, 0.15) is 18.9 Å². The molecular weight excluding hydrogens is 348 g/mol. The highest BCUT2D eigenvalue weighted by atomic mass is 35.5. The first-order chi connectivity index (χ1) is 11.6. The van der Waals surface area contributed by atoms with Crippen molar-refractivity contribution >= 4 is 12.4 Å². The van der Waals surface area contributed by atoms with Crippen molar-refractivity contribution in [2.45, 2.75) is 19.1 Å². The van der Waals surface area contributed by atoms with Gasteiger partial charge in [-0.05, 0) is 25.1 Å². The van der Waals surface area contributed by atoms with E-state index in [-0.39, 0.29) is 18.5 Å². The van der Waals surface area contributed by atoms with E-state index in [2.05, 4.69) is 10.4 Å². The summed E-state index contributed by atoms with van der Waals surface area (Å²) in [5.74, 6) is 1.53. The zero-order valence-corrected chi connectivity index (χ0v) is 14.7. The van der Waals surface area contributed by atoms with Crippen LogP contribution in [0.1, 0.15) is 6.42 Å². The van der Waals surface area contributed by atoms with Crippen molar-refractivity contribution in [2.75, 3.05) is 19.7 Å². The number of nitrogens with one attached hydrogen (secondary N) is 1. The molecule has 1 N–H and O–H groups in total. The van der Waals surface area contributed by atoms with Gasteiger partial charge in [-0.2, -0.15) is 5.10 Å². The number of aryl methyl sites for hydroxylation is 1. The minimum absolute atomic E-state index is 0. The molecule has 1 aliphatic rings. The van der Waals surface area contributed by atoms with Crippen molar-refractivity contribution in [1.29, 1.82) is 0 Å². The van der Waals surface area contributed by atoms with Crippen LogP contribution in [-0.4, -0.2) is 40.1 Å². The summed E-state index contributed by atoms with van der Waals surface area (Å²) in [6, 6.07) is 7.60. The molecule has 2 heterocycles. The average Bonchev–Trinajstić information content (AvgIpc) is 2.61. The van der Waals surface area contributed by atoms with Crippen LogP contribution >= 0.6 is 12.4 Å². The lowest BCUT2D eigenvalue weighted by atomic mass is 10.2. The molecule has 1 atom stereocenters. The van der Waals surface area contributed by atoms with Gasteiger partial charge in [0, 0.05) is 20.1 Å². The van der Waals surface area contributed by atoms with Gasteiger partial charge in [0.05, 0.1) is 0 Å². The number of aromatic nitrogens is 3. The number of rotatable bonds is 6. The summed E-state index contributed by atoms with van der Waals surface area (Å²) in [7, 11) is 1.44. The molecule has 1 unspecified atom stereocenters. The molecule has 0 spiro atoms. The van der Waals surface area contributed by atoms with Crippen LogP contribution in [0.2, 0.25) is 0 Å². The third-order valence-electron chi connectivity index (χ3n) is 3.81. The summed E-state index contributed by atoms with van der Waals surface area (Å²) < 4.78 is 13.8. The molecule has 9 heteroatoms. The molecule has 0 saturated heterocycles. The normalized spacial score (nSPS) is 15.5. The maximum Gasteiger partial charge on any atom is 0.347 e. The molecule has 1 aliphatic heterocycles. The number of ether oxygens (including phenoxy) is 2. The maximum absolute atomic E-state index is 11.8. The molecule has 25 heavy (non-hydrogen) atoms. The topological polar surface area (TPSA) is 87.4 Å². The van der Waals surface area contributed by atoms with Crippen molar-refractivity contribution in [2.24, 2.45) is 7.05 Å². The highest BCUT2D eigenvalue weighted by molar-refractivity contribution is 5.85. The smallest absolute Gasteiger partial charge is 0.347 e. The minimum Gasteiger partial charge on any atom is -0.486 e. The molecule has 1 aromatic carbocycles. The lowest BCUT2D eigenvalue weighted by Gasteiger charge is -2.26. The van der Waals surface area contributed by atoms with Crippen molar-refractivity contribution in [1.82, 2.24) is 19.7 Å². The first kappa shape index (κ1) is 19.0. The fourth-order valence-corrected chi connectivity index (χ4v) is 2.46. The number of hydrogen-bond donors (Lipinski definition) is 1. The van der Waals surface area contributed by atoms with Crippen LogP contribution < -0.4 is 26.0 Å². The van der Waals surface area contributed by atoms with Gasteiger partial charge in [-0.3, -0.25) is 9.36 Å². The molecule has 0 radical (unpaired) electrons. The van der Waals surface area contributed by atoms with Crippen molar-refractivity contribution < 1.29 is 9.47 Å². The monoisotopic (exact) mass is 368 g/mol. The van der Waals surface area contributed by atoms with Crippen molar-refractivity contribution in [3.05, 3.63) is 51.3 Å². The highest BCUT2D eigenvalue weighted by Crippen LogP contribution is 2.30. The number of hydrogen-bond acceptors (Lipinski definition) is 6. The maximum atomic E-state index is 11.8. The summed E-state index contributed by atoms with van der Waals surface area (Å²) in [5, 5.41) is 7.13. The Bertz CT molecular complexity index is 820. The Labute approximate surface area is 150 Å². The Kier molecular flexibility index (Phi) is 6.60. The van der Waals surface area contributed by atoms with E-state index in [1.165, 1.54) is 11.7 Å². The van der Waals surface area contributed by atoms with Gasteiger partial charge >= 0.3 is 5.69 Å². The molecule has 0 aliphatic carbocycles. The second kappa shape index (κ2) is 8.68. The van der Waals surface area contributed by atoms with Gasteiger partial charge in [0.15, 0.2) is 11.5 Å². The van der Waals surface area contributed by atoms with E-state index < -0.39 is 11.2 Å². The standard InChI is InChI=1S/C16H20N4O4.ClH/c1-19-15(21)10-18-20(16(19)22)8-4-7-17-9-12-11-23-13-5-2-3-6-14(13)24-12;/h2-3,5-6,10,12,17H,4,7-9,11H2,1H3;1H. The number of benzene rings is 1. The summed E-state index contributed by atoms with van der Waals surface area (Å²) in [6.07, 6.45) is 1.83. The predicted molar refractivity (Wildman–Crippen MR) is 94.8 cm³/mol. The lowest BCUT2D eigenvalue weighted by Crippen LogP contribution is -2.40. The minimum atomic E-state index is -0.400. The van der Waals surface area contributed by atoms with E-state index in [0.717, 1.165) is 28.7 Å². The molecule has 2 aromatic rings. The summed E-state index contributed by atoms with van der Waals surface area (Å²) >= 11 is 0. The zero-order chi connectivity index (χ0) is 16.9. The number of halogens is 1. The Morgan fingerprint density at radius 1 is 1.28 bits per heavy atom. The molecule has 0 saturated carbocycles. The third-order valence-corrected chi connectivity index (χ3v) is 3.81. The van der Waals surface area contributed by atoms with E-state index in [4.69, 9.17) is 9.47 Å². The predicted octanol–water partition coefficient (Wildman–Crippen LogP) is 0.183. The zero-order valence-electron chi connectivity index (χ0n) is 13.9.